The molecule has 0 unspecified atom stereocenters. The monoisotopic (exact) mass is 225 g/mol. The van der Waals surface area contributed by atoms with E-state index in [1.54, 1.807) is 11.8 Å². The van der Waals surface area contributed by atoms with E-state index < -0.39 is 0 Å². The van der Waals surface area contributed by atoms with E-state index >= 15 is 0 Å². The fourth-order valence-corrected chi connectivity index (χ4v) is 1.96. The minimum Gasteiger partial charge on any atom is -0.313 e. The lowest BCUT2D eigenvalue weighted by Crippen LogP contribution is -2.12. The fraction of sp³-hybridized carbons (Fsp3) is 0.636. The maximum absolute atomic E-state index is 4.32. The van der Waals surface area contributed by atoms with Crippen molar-refractivity contribution in [1.29, 1.82) is 0 Å². The van der Waals surface area contributed by atoms with Crippen molar-refractivity contribution in [2.24, 2.45) is 0 Å². The summed E-state index contributed by atoms with van der Waals surface area (Å²) >= 11 is 1.73. The van der Waals surface area contributed by atoms with Gasteiger partial charge in [0.2, 0.25) is 0 Å². The molecular weight excluding hydrogens is 206 g/mol. The molecule has 0 amide bonds. The van der Waals surface area contributed by atoms with Crippen LogP contribution in [-0.2, 0) is 6.54 Å². The molecule has 1 aromatic heterocycles. The maximum Gasteiger partial charge on any atom is 0.187 e. The van der Waals surface area contributed by atoms with Gasteiger partial charge in [0.1, 0.15) is 0 Å². The standard InChI is InChI=1S/C11H19N3S/c1-3-5-6-15-11-13-8-10(9-14-11)7-12-4-2/h8-9,12H,3-7H2,1-2H3. The van der Waals surface area contributed by atoms with E-state index in [4.69, 9.17) is 0 Å². The fourth-order valence-electron chi connectivity index (χ4n) is 1.09. The van der Waals surface area contributed by atoms with Gasteiger partial charge in [-0.05, 0) is 13.0 Å². The van der Waals surface area contributed by atoms with E-state index in [2.05, 4.69) is 29.1 Å². The first-order valence-corrected chi connectivity index (χ1v) is 6.49. The zero-order chi connectivity index (χ0) is 10.9. The largest absolute Gasteiger partial charge is 0.313 e. The van der Waals surface area contributed by atoms with Crippen LogP contribution in [0.4, 0.5) is 0 Å². The van der Waals surface area contributed by atoms with E-state index in [1.807, 2.05) is 12.4 Å². The maximum atomic E-state index is 4.32. The molecule has 0 bridgehead atoms. The highest BCUT2D eigenvalue weighted by molar-refractivity contribution is 7.99. The topological polar surface area (TPSA) is 37.8 Å². The Kier molecular flexibility index (Phi) is 6.36. The number of rotatable bonds is 7. The van der Waals surface area contributed by atoms with Gasteiger partial charge >= 0.3 is 0 Å². The molecule has 3 nitrogen and oxygen atoms in total. The van der Waals surface area contributed by atoms with Crippen LogP contribution in [-0.4, -0.2) is 22.3 Å². The van der Waals surface area contributed by atoms with E-state index in [0.29, 0.717) is 0 Å². The van der Waals surface area contributed by atoms with Crippen molar-refractivity contribution < 1.29 is 0 Å². The lowest BCUT2D eigenvalue weighted by atomic mass is 10.3. The number of aromatic nitrogens is 2. The number of hydrogen-bond donors (Lipinski definition) is 1. The first-order valence-electron chi connectivity index (χ1n) is 5.51. The molecule has 0 spiro atoms. The van der Waals surface area contributed by atoms with Crippen molar-refractivity contribution in [2.45, 2.75) is 38.4 Å². The van der Waals surface area contributed by atoms with Crippen molar-refractivity contribution in [3.05, 3.63) is 18.0 Å². The van der Waals surface area contributed by atoms with Crippen LogP contribution in [0.25, 0.3) is 0 Å². The summed E-state index contributed by atoms with van der Waals surface area (Å²) in [5, 5.41) is 4.14. The molecule has 84 valence electrons. The molecule has 1 aromatic rings. The normalized spacial score (nSPS) is 10.5. The first kappa shape index (κ1) is 12.5. The molecule has 0 saturated carbocycles. The second kappa shape index (κ2) is 7.65. The minimum atomic E-state index is 0.858. The molecule has 0 aliphatic heterocycles. The molecule has 0 atom stereocenters. The van der Waals surface area contributed by atoms with Crippen LogP contribution in [0.5, 0.6) is 0 Å². The summed E-state index contributed by atoms with van der Waals surface area (Å²) in [5.41, 5.74) is 1.15. The van der Waals surface area contributed by atoms with Gasteiger partial charge in [0.25, 0.3) is 0 Å². The Balaban J connectivity index is 2.35. The van der Waals surface area contributed by atoms with Gasteiger partial charge in [0.15, 0.2) is 5.16 Å². The van der Waals surface area contributed by atoms with Crippen molar-refractivity contribution in [3.8, 4) is 0 Å². The van der Waals surface area contributed by atoms with Crippen LogP contribution < -0.4 is 5.32 Å². The summed E-state index contributed by atoms with van der Waals surface area (Å²) in [7, 11) is 0. The molecule has 0 saturated heterocycles. The summed E-state index contributed by atoms with van der Waals surface area (Å²) in [6.07, 6.45) is 6.27. The average molecular weight is 225 g/mol. The van der Waals surface area contributed by atoms with E-state index in [0.717, 1.165) is 29.6 Å². The quantitative estimate of drug-likeness (QED) is 0.439. The van der Waals surface area contributed by atoms with Crippen molar-refractivity contribution in [2.75, 3.05) is 12.3 Å². The van der Waals surface area contributed by atoms with Crippen LogP contribution in [0.15, 0.2) is 17.6 Å². The lowest BCUT2D eigenvalue weighted by molar-refractivity contribution is 0.716. The molecule has 15 heavy (non-hydrogen) atoms. The van der Waals surface area contributed by atoms with Crippen LogP contribution in [0, 0.1) is 0 Å². The summed E-state index contributed by atoms with van der Waals surface area (Å²) in [6, 6.07) is 0. The molecule has 1 N–H and O–H groups in total. The third-order valence-corrected chi connectivity index (χ3v) is 2.95. The predicted octanol–water partition coefficient (Wildman–Crippen LogP) is 2.48. The van der Waals surface area contributed by atoms with Crippen LogP contribution >= 0.6 is 11.8 Å². The van der Waals surface area contributed by atoms with Crippen molar-refractivity contribution in [3.63, 3.8) is 0 Å². The number of hydrogen-bond acceptors (Lipinski definition) is 4. The summed E-state index contributed by atoms with van der Waals surface area (Å²) < 4.78 is 0. The Morgan fingerprint density at radius 2 is 2.00 bits per heavy atom. The van der Waals surface area contributed by atoms with Gasteiger partial charge < -0.3 is 5.32 Å². The summed E-state index contributed by atoms with van der Waals surface area (Å²) in [4.78, 5) is 8.63. The number of nitrogens with one attached hydrogen (secondary N) is 1. The highest BCUT2D eigenvalue weighted by Crippen LogP contribution is 2.13. The van der Waals surface area contributed by atoms with Gasteiger partial charge in [-0.15, -0.1) is 0 Å². The van der Waals surface area contributed by atoms with Gasteiger partial charge in [-0.1, -0.05) is 32.0 Å². The average Bonchev–Trinajstić information content (AvgIpc) is 2.28. The van der Waals surface area contributed by atoms with Crippen molar-refractivity contribution in [1.82, 2.24) is 15.3 Å². The van der Waals surface area contributed by atoms with Crippen LogP contribution in [0.3, 0.4) is 0 Å². The highest BCUT2D eigenvalue weighted by Gasteiger charge is 1.97. The van der Waals surface area contributed by atoms with E-state index in [-0.39, 0.29) is 0 Å². The number of nitrogens with zero attached hydrogens (tertiary/aromatic N) is 2. The van der Waals surface area contributed by atoms with Gasteiger partial charge in [-0.2, -0.15) is 0 Å². The second-order valence-corrected chi connectivity index (χ2v) is 4.42. The van der Waals surface area contributed by atoms with Crippen LogP contribution in [0.1, 0.15) is 32.3 Å². The second-order valence-electron chi connectivity index (χ2n) is 3.36. The Morgan fingerprint density at radius 1 is 1.27 bits per heavy atom. The Labute approximate surface area is 96.1 Å². The van der Waals surface area contributed by atoms with Gasteiger partial charge in [0, 0.05) is 30.3 Å². The molecule has 0 aliphatic rings. The molecule has 0 aliphatic carbocycles. The lowest BCUT2D eigenvalue weighted by Gasteiger charge is -2.02. The van der Waals surface area contributed by atoms with E-state index in [1.165, 1.54) is 12.8 Å². The van der Waals surface area contributed by atoms with Crippen LogP contribution in [0.2, 0.25) is 0 Å². The first-order chi connectivity index (χ1) is 7.36. The highest BCUT2D eigenvalue weighted by atomic mass is 32.2. The molecule has 0 radical (unpaired) electrons. The Hall–Kier alpha value is -0.610. The number of unbranched alkanes of at least 4 members (excludes halogenated alkanes) is 1. The zero-order valence-corrected chi connectivity index (χ0v) is 10.3. The smallest absolute Gasteiger partial charge is 0.187 e. The van der Waals surface area contributed by atoms with Gasteiger partial charge in [-0.3, -0.25) is 0 Å². The third-order valence-electron chi connectivity index (χ3n) is 1.99. The molecular formula is C11H19N3S. The van der Waals surface area contributed by atoms with E-state index in [9.17, 15) is 0 Å². The summed E-state index contributed by atoms with van der Waals surface area (Å²) in [6.45, 7) is 6.13. The molecule has 0 aromatic carbocycles. The molecule has 4 heteroatoms. The SMILES string of the molecule is CCCCSc1ncc(CNCC)cn1. The number of thioether (sulfide) groups is 1. The predicted molar refractivity (Wildman–Crippen MR) is 65.0 cm³/mol. The molecule has 1 heterocycles. The zero-order valence-electron chi connectivity index (χ0n) is 9.49. The molecule has 1 rings (SSSR count). The minimum absolute atomic E-state index is 0.858. The molecule has 0 fully saturated rings. The summed E-state index contributed by atoms with van der Waals surface area (Å²) in [5.74, 6) is 1.11. The Bertz CT molecular complexity index is 261. The Morgan fingerprint density at radius 3 is 2.60 bits per heavy atom. The van der Waals surface area contributed by atoms with Gasteiger partial charge in [-0.25, -0.2) is 9.97 Å². The van der Waals surface area contributed by atoms with Crippen molar-refractivity contribution >= 4 is 11.8 Å². The third kappa shape index (κ3) is 5.14. The van der Waals surface area contributed by atoms with Gasteiger partial charge in [0.05, 0.1) is 0 Å².